The first-order chi connectivity index (χ1) is 6.13. The quantitative estimate of drug-likeness (QED) is 0.498. The molecular formula is C9H9ClN2O. The number of halogens is 1. The van der Waals surface area contributed by atoms with Crippen LogP contribution < -0.4 is 5.73 Å². The molecule has 0 aromatic rings. The number of nitrogens with two attached hydrogens (primary N) is 1. The Morgan fingerprint density at radius 1 is 1.69 bits per heavy atom. The van der Waals surface area contributed by atoms with Gasteiger partial charge in [0, 0.05) is 5.92 Å². The lowest BCUT2D eigenvalue weighted by molar-refractivity contribution is -0.125. The first-order valence-electron chi connectivity index (χ1n) is 4.16. The van der Waals surface area contributed by atoms with Crippen molar-refractivity contribution in [1.82, 2.24) is 0 Å². The van der Waals surface area contributed by atoms with Crippen molar-refractivity contribution in [2.45, 2.75) is 11.8 Å². The van der Waals surface area contributed by atoms with Gasteiger partial charge >= 0.3 is 0 Å². The van der Waals surface area contributed by atoms with E-state index in [1.54, 1.807) is 0 Å². The van der Waals surface area contributed by atoms with E-state index in [1.807, 2.05) is 18.2 Å². The van der Waals surface area contributed by atoms with Crippen LogP contribution >= 0.6 is 11.6 Å². The Morgan fingerprint density at radius 3 is 2.69 bits per heavy atom. The lowest BCUT2D eigenvalue weighted by Crippen LogP contribution is -2.45. The molecule has 0 radical (unpaired) electrons. The Hall–Kier alpha value is -1.01. The van der Waals surface area contributed by atoms with E-state index in [9.17, 15) is 4.79 Å². The zero-order valence-electron chi connectivity index (χ0n) is 6.90. The predicted octanol–water partition coefficient (Wildman–Crippen LogP) is 0.795. The van der Waals surface area contributed by atoms with Gasteiger partial charge in [-0.3, -0.25) is 4.79 Å². The Morgan fingerprint density at radius 2 is 2.38 bits per heavy atom. The van der Waals surface area contributed by atoms with E-state index >= 15 is 0 Å². The van der Waals surface area contributed by atoms with Crippen LogP contribution in [0.3, 0.4) is 0 Å². The van der Waals surface area contributed by atoms with Crippen molar-refractivity contribution in [3.05, 3.63) is 12.2 Å². The molecule has 2 aliphatic rings. The molecule has 2 N–H and O–H groups in total. The standard InChI is InChI=1S/C9H9ClN2O/c10-7-5-1-2-6(3-5)9(7,4-11)8(12)13/h1-2,5-7H,3H2,(H2,12,13). The van der Waals surface area contributed by atoms with Gasteiger partial charge in [-0.2, -0.15) is 5.26 Å². The zero-order valence-corrected chi connectivity index (χ0v) is 7.66. The molecule has 2 bridgehead atoms. The molecule has 3 nitrogen and oxygen atoms in total. The summed E-state index contributed by atoms with van der Waals surface area (Å²) in [5, 5.41) is 8.56. The Kier molecular flexibility index (Phi) is 1.64. The molecule has 1 amide bonds. The lowest BCUT2D eigenvalue weighted by Gasteiger charge is -2.28. The number of allylic oxidation sites excluding steroid dienone is 2. The van der Waals surface area contributed by atoms with E-state index in [1.165, 1.54) is 0 Å². The van der Waals surface area contributed by atoms with Crippen molar-refractivity contribution in [2.24, 2.45) is 23.0 Å². The second-order valence-corrected chi connectivity index (χ2v) is 4.11. The Balaban J connectivity index is 2.49. The number of fused-ring (bicyclic) bond motifs is 2. The van der Waals surface area contributed by atoms with E-state index in [-0.39, 0.29) is 11.8 Å². The number of hydrogen-bond donors (Lipinski definition) is 1. The van der Waals surface area contributed by atoms with Crippen LogP contribution in [0.15, 0.2) is 12.2 Å². The van der Waals surface area contributed by atoms with E-state index in [0.717, 1.165) is 6.42 Å². The van der Waals surface area contributed by atoms with E-state index in [4.69, 9.17) is 22.6 Å². The summed E-state index contributed by atoms with van der Waals surface area (Å²) in [4.78, 5) is 11.2. The number of rotatable bonds is 1. The summed E-state index contributed by atoms with van der Waals surface area (Å²) in [6.45, 7) is 0. The third-order valence-electron chi connectivity index (χ3n) is 3.11. The number of carbonyl (C=O) groups is 1. The average Bonchev–Trinajstić information content (AvgIpc) is 2.63. The monoisotopic (exact) mass is 196 g/mol. The SMILES string of the molecule is N#CC1(C(N)=O)C2C=CC(C2)C1Cl. The number of alkyl halides is 1. The summed E-state index contributed by atoms with van der Waals surface area (Å²) in [7, 11) is 0. The van der Waals surface area contributed by atoms with Crippen molar-refractivity contribution in [3.8, 4) is 6.07 Å². The molecule has 0 saturated heterocycles. The molecule has 4 heteroatoms. The van der Waals surface area contributed by atoms with Crippen molar-refractivity contribution in [1.29, 1.82) is 5.26 Å². The molecule has 1 fully saturated rings. The third-order valence-corrected chi connectivity index (χ3v) is 3.77. The maximum atomic E-state index is 11.2. The molecule has 0 aromatic carbocycles. The molecule has 0 aliphatic heterocycles. The summed E-state index contributed by atoms with van der Waals surface area (Å²) in [6.07, 6.45) is 4.64. The second-order valence-electron chi connectivity index (χ2n) is 3.64. The molecule has 0 heterocycles. The largest absolute Gasteiger partial charge is 0.368 e. The summed E-state index contributed by atoms with van der Waals surface area (Å²) in [5.74, 6) is -0.534. The maximum Gasteiger partial charge on any atom is 0.240 e. The maximum absolute atomic E-state index is 11.2. The number of primary amides is 1. The van der Waals surface area contributed by atoms with Gasteiger partial charge in [0.1, 0.15) is 0 Å². The molecule has 2 aliphatic carbocycles. The fourth-order valence-electron chi connectivity index (χ4n) is 2.34. The van der Waals surface area contributed by atoms with Gasteiger partial charge < -0.3 is 5.73 Å². The van der Waals surface area contributed by atoms with Gasteiger partial charge in [-0.05, 0) is 12.3 Å². The summed E-state index contributed by atoms with van der Waals surface area (Å²) in [6, 6.07) is 2.00. The van der Waals surface area contributed by atoms with Crippen LogP contribution in [0.2, 0.25) is 0 Å². The van der Waals surface area contributed by atoms with Crippen molar-refractivity contribution >= 4 is 17.5 Å². The van der Waals surface area contributed by atoms with Crippen LogP contribution in [-0.4, -0.2) is 11.3 Å². The van der Waals surface area contributed by atoms with Crippen molar-refractivity contribution in [2.75, 3.05) is 0 Å². The number of amides is 1. The minimum absolute atomic E-state index is 0.0810. The molecule has 68 valence electrons. The molecular weight excluding hydrogens is 188 g/mol. The van der Waals surface area contributed by atoms with Gasteiger partial charge in [-0.25, -0.2) is 0 Å². The first-order valence-corrected chi connectivity index (χ1v) is 4.60. The van der Waals surface area contributed by atoms with Gasteiger partial charge in [0.05, 0.1) is 11.4 Å². The molecule has 0 spiro atoms. The molecule has 4 unspecified atom stereocenters. The fraction of sp³-hybridized carbons (Fsp3) is 0.556. The van der Waals surface area contributed by atoms with Gasteiger partial charge in [-0.15, -0.1) is 11.6 Å². The minimum atomic E-state index is -1.17. The van der Waals surface area contributed by atoms with Crippen LogP contribution in [0.5, 0.6) is 0 Å². The highest BCUT2D eigenvalue weighted by Crippen LogP contribution is 2.54. The van der Waals surface area contributed by atoms with Crippen LogP contribution in [0, 0.1) is 28.6 Å². The van der Waals surface area contributed by atoms with Crippen LogP contribution in [-0.2, 0) is 4.79 Å². The lowest BCUT2D eigenvalue weighted by atomic mass is 9.76. The van der Waals surface area contributed by atoms with Crippen LogP contribution in [0.1, 0.15) is 6.42 Å². The molecule has 0 aromatic heterocycles. The molecule has 4 atom stereocenters. The second kappa shape index (κ2) is 2.49. The highest BCUT2D eigenvalue weighted by Gasteiger charge is 2.59. The van der Waals surface area contributed by atoms with Gasteiger partial charge in [0.25, 0.3) is 0 Å². The number of hydrogen-bond acceptors (Lipinski definition) is 2. The Labute approximate surface area is 81.2 Å². The van der Waals surface area contributed by atoms with E-state index in [0.29, 0.717) is 0 Å². The molecule has 1 saturated carbocycles. The van der Waals surface area contributed by atoms with Crippen LogP contribution in [0.25, 0.3) is 0 Å². The van der Waals surface area contributed by atoms with Gasteiger partial charge in [0.2, 0.25) is 5.91 Å². The molecule has 2 rings (SSSR count). The smallest absolute Gasteiger partial charge is 0.240 e. The van der Waals surface area contributed by atoms with Crippen molar-refractivity contribution < 1.29 is 4.79 Å². The Bertz CT molecular complexity index is 333. The number of carbonyl (C=O) groups excluding carboxylic acids is 1. The average molecular weight is 197 g/mol. The normalized spacial score (nSPS) is 46.3. The molecule has 13 heavy (non-hydrogen) atoms. The fourth-order valence-corrected chi connectivity index (χ4v) is 2.85. The zero-order chi connectivity index (χ0) is 9.64. The summed E-state index contributed by atoms with van der Waals surface area (Å²) >= 11 is 6.05. The van der Waals surface area contributed by atoms with Crippen LogP contribution in [0.4, 0.5) is 0 Å². The van der Waals surface area contributed by atoms with Gasteiger partial charge in [-0.1, -0.05) is 12.2 Å². The number of nitrogens with zero attached hydrogens (tertiary/aromatic N) is 1. The predicted molar refractivity (Wildman–Crippen MR) is 47.6 cm³/mol. The minimum Gasteiger partial charge on any atom is -0.368 e. The highest BCUT2D eigenvalue weighted by molar-refractivity contribution is 6.24. The summed E-state index contributed by atoms with van der Waals surface area (Å²) < 4.78 is 0. The summed E-state index contributed by atoms with van der Waals surface area (Å²) in [5.41, 5.74) is 4.07. The first kappa shape index (κ1) is 8.58. The van der Waals surface area contributed by atoms with Gasteiger partial charge in [0.15, 0.2) is 5.41 Å². The third kappa shape index (κ3) is 0.816. The van der Waals surface area contributed by atoms with E-state index in [2.05, 4.69) is 0 Å². The highest BCUT2D eigenvalue weighted by atomic mass is 35.5. The van der Waals surface area contributed by atoms with E-state index < -0.39 is 16.7 Å². The van der Waals surface area contributed by atoms with Crippen molar-refractivity contribution in [3.63, 3.8) is 0 Å². The number of nitriles is 1. The topological polar surface area (TPSA) is 66.9 Å².